The summed E-state index contributed by atoms with van der Waals surface area (Å²) in [6.45, 7) is 0. The van der Waals surface area contributed by atoms with Gasteiger partial charge in [0, 0.05) is 10.8 Å². The van der Waals surface area contributed by atoms with E-state index in [2.05, 4.69) is 146 Å². The summed E-state index contributed by atoms with van der Waals surface area (Å²) in [5.74, 6) is 0. The molecule has 0 unspecified atom stereocenters. The quantitative estimate of drug-likeness (QED) is 0.201. The minimum atomic E-state index is 0.927. The molecule has 0 amide bonds. The molecular formula is C42H26O. The molecule has 0 N–H and O–H groups in total. The van der Waals surface area contributed by atoms with Crippen molar-refractivity contribution in [1.82, 2.24) is 0 Å². The SMILES string of the molecule is c1ccc(-c2ccccc2-c2c3ccccc3c(-c3ccc4cc5oc6ccccc6c5cc4c3)c3ccccc23)cc1. The fourth-order valence-electron chi connectivity index (χ4n) is 6.92. The Balaban J connectivity index is 1.35. The molecule has 0 aliphatic rings. The smallest absolute Gasteiger partial charge is 0.136 e. The van der Waals surface area contributed by atoms with Crippen LogP contribution in [-0.4, -0.2) is 0 Å². The molecule has 0 spiro atoms. The lowest BCUT2D eigenvalue weighted by molar-refractivity contribution is 0.669. The van der Waals surface area contributed by atoms with E-state index in [0.717, 1.165) is 21.9 Å². The summed E-state index contributed by atoms with van der Waals surface area (Å²) in [4.78, 5) is 0. The highest BCUT2D eigenvalue weighted by atomic mass is 16.3. The van der Waals surface area contributed by atoms with Gasteiger partial charge in [0.1, 0.15) is 11.2 Å². The number of para-hydroxylation sites is 1. The first-order chi connectivity index (χ1) is 21.3. The molecule has 43 heavy (non-hydrogen) atoms. The van der Waals surface area contributed by atoms with E-state index in [0.29, 0.717) is 0 Å². The second-order valence-corrected chi connectivity index (χ2v) is 11.3. The summed E-state index contributed by atoms with van der Waals surface area (Å²) in [5, 5.41) is 9.74. The van der Waals surface area contributed by atoms with Gasteiger partial charge in [-0.25, -0.2) is 0 Å². The molecule has 1 nitrogen and oxygen atoms in total. The predicted octanol–water partition coefficient (Wildman–Crippen LogP) is 12.0. The van der Waals surface area contributed by atoms with Crippen LogP contribution in [0.2, 0.25) is 0 Å². The highest BCUT2D eigenvalue weighted by Gasteiger charge is 2.19. The Morgan fingerprint density at radius 3 is 1.60 bits per heavy atom. The maximum absolute atomic E-state index is 6.19. The summed E-state index contributed by atoms with van der Waals surface area (Å²) in [6.07, 6.45) is 0. The number of rotatable bonds is 3. The fourth-order valence-corrected chi connectivity index (χ4v) is 6.92. The van der Waals surface area contributed by atoms with E-state index < -0.39 is 0 Å². The minimum absolute atomic E-state index is 0.927. The molecule has 0 atom stereocenters. The second-order valence-electron chi connectivity index (χ2n) is 11.3. The molecule has 8 aromatic carbocycles. The Bertz CT molecular complexity index is 2440. The lowest BCUT2D eigenvalue weighted by Crippen LogP contribution is -1.92. The zero-order chi connectivity index (χ0) is 28.3. The molecule has 1 aromatic heterocycles. The molecule has 0 fully saturated rings. The Kier molecular flexibility index (Phi) is 5.27. The van der Waals surface area contributed by atoms with Crippen molar-refractivity contribution in [2.45, 2.75) is 0 Å². The Hall–Kier alpha value is -5.66. The molecule has 0 aliphatic carbocycles. The van der Waals surface area contributed by atoms with Crippen LogP contribution in [0.3, 0.4) is 0 Å². The summed E-state index contributed by atoms with van der Waals surface area (Å²) in [7, 11) is 0. The molecule has 200 valence electrons. The summed E-state index contributed by atoms with van der Waals surface area (Å²) >= 11 is 0. The molecule has 9 rings (SSSR count). The lowest BCUT2D eigenvalue weighted by Gasteiger charge is -2.20. The Morgan fingerprint density at radius 2 is 0.884 bits per heavy atom. The Labute approximate surface area is 249 Å². The number of hydrogen-bond donors (Lipinski definition) is 0. The van der Waals surface area contributed by atoms with E-state index in [1.165, 1.54) is 65.7 Å². The van der Waals surface area contributed by atoms with Crippen molar-refractivity contribution in [3.8, 4) is 33.4 Å². The predicted molar refractivity (Wildman–Crippen MR) is 183 cm³/mol. The van der Waals surface area contributed by atoms with Gasteiger partial charge in [0.15, 0.2) is 0 Å². The maximum Gasteiger partial charge on any atom is 0.136 e. The van der Waals surface area contributed by atoms with Crippen LogP contribution >= 0.6 is 0 Å². The first-order valence-corrected chi connectivity index (χ1v) is 14.8. The van der Waals surface area contributed by atoms with E-state index in [4.69, 9.17) is 4.42 Å². The van der Waals surface area contributed by atoms with Crippen LogP contribution in [0.15, 0.2) is 162 Å². The molecule has 0 radical (unpaired) electrons. The van der Waals surface area contributed by atoms with Crippen molar-refractivity contribution in [2.24, 2.45) is 0 Å². The maximum atomic E-state index is 6.19. The van der Waals surface area contributed by atoms with Gasteiger partial charge in [-0.2, -0.15) is 0 Å². The van der Waals surface area contributed by atoms with E-state index in [1.807, 2.05) is 12.1 Å². The monoisotopic (exact) mass is 546 g/mol. The molecule has 1 heteroatoms. The van der Waals surface area contributed by atoms with Crippen molar-refractivity contribution in [1.29, 1.82) is 0 Å². The topological polar surface area (TPSA) is 13.1 Å². The fraction of sp³-hybridized carbons (Fsp3) is 0. The van der Waals surface area contributed by atoms with Gasteiger partial charge < -0.3 is 4.42 Å². The van der Waals surface area contributed by atoms with Gasteiger partial charge in [0.2, 0.25) is 0 Å². The highest BCUT2D eigenvalue weighted by Crippen LogP contribution is 2.46. The van der Waals surface area contributed by atoms with Gasteiger partial charge >= 0.3 is 0 Å². The molecule has 9 aromatic rings. The average Bonchev–Trinajstić information content (AvgIpc) is 3.43. The largest absolute Gasteiger partial charge is 0.456 e. The summed E-state index contributed by atoms with van der Waals surface area (Å²) < 4.78 is 6.19. The van der Waals surface area contributed by atoms with Crippen molar-refractivity contribution in [2.75, 3.05) is 0 Å². The molecule has 1 heterocycles. The first kappa shape index (κ1) is 24.0. The first-order valence-electron chi connectivity index (χ1n) is 14.8. The molecule has 0 saturated heterocycles. The van der Waals surface area contributed by atoms with Gasteiger partial charge in [-0.1, -0.05) is 133 Å². The molecule has 0 bridgehead atoms. The third-order valence-corrected chi connectivity index (χ3v) is 8.84. The van der Waals surface area contributed by atoms with Gasteiger partial charge in [-0.3, -0.25) is 0 Å². The van der Waals surface area contributed by atoms with Gasteiger partial charge in [0.25, 0.3) is 0 Å². The van der Waals surface area contributed by atoms with Crippen LogP contribution in [0.1, 0.15) is 0 Å². The van der Waals surface area contributed by atoms with Crippen LogP contribution in [-0.2, 0) is 0 Å². The summed E-state index contributed by atoms with van der Waals surface area (Å²) in [6, 6.07) is 56.9. The zero-order valence-corrected chi connectivity index (χ0v) is 23.4. The second kappa shape index (κ2) is 9.44. The lowest BCUT2D eigenvalue weighted by atomic mass is 9.83. The number of benzene rings is 8. The highest BCUT2D eigenvalue weighted by molar-refractivity contribution is 6.23. The average molecular weight is 547 g/mol. The van der Waals surface area contributed by atoms with Crippen LogP contribution in [0.25, 0.3) is 87.6 Å². The molecule has 0 aliphatic heterocycles. The minimum Gasteiger partial charge on any atom is -0.456 e. The van der Waals surface area contributed by atoms with Crippen molar-refractivity contribution in [3.63, 3.8) is 0 Å². The van der Waals surface area contributed by atoms with Gasteiger partial charge in [-0.05, 0) is 90.0 Å². The van der Waals surface area contributed by atoms with E-state index in [9.17, 15) is 0 Å². The van der Waals surface area contributed by atoms with Crippen molar-refractivity contribution in [3.05, 3.63) is 158 Å². The standard InChI is InChI=1S/C42H26O/c1-2-12-27(13-3-1)31-14-4-5-16-33(31)42-36-19-8-6-17-34(36)41(35-18-7-9-20-37(35)42)29-23-22-28-26-40-38(25-30(28)24-29)32-15-10-11-21-39(32)43-40/h1-26H. The van der Waals surface area contributed by atoms with Crippen LogP contribution in [0.5, 0.6) is 0 Å². The third kappa shape index (κ3) is 3.72. The van der Waals surface area contributed by atoms with Crippen LogP contribution in [0, 0.1) is 0 Å². The molecular weight excluding hydrogens is 520 g/mol. The number of furan rings is 1. The normalized spacial score (nSPS) is 11.7. The van der Waals surface area contributed by atoms with Gasteiger partial charge in [0.05, 0.1) is 0 Å². The van der Waals surface area contributed by atoms with Crippen LogP contribution in [0.4, 0.5) is 0 Å². The van der Waals surface area contributed by atoms with Gasteiger partial charge in [-0.15, -0.1) is 0 Å². The zero-order valence-electron chi connectivity index (χ0n) is 23.4. The van der Waals surface area contributed by atoms with Crippen LogP contribution < -0.4 is 0 Å². The van der Waals surface area contributed by atoms with E-state index in [-0.39, 0.29) is 0 Å². The molecule has 0 saturated carbocycles. The van der Waals surface area contributed by atoms with E-state index >= 15 is 0 Å². The summed E-state index contributed by atoms with van der Waals surface area (Å²) in [5.41, 5.74) is 9.34. The number of fused-ring (bicyclic) bond motifs is 6. The van der Waals surface area contributed by atoms with Crippen molar-refractivity contribution < 1.29 is 4.42 Å². The Morgan fingerprint density at radius 1 is 0.302 bits per heavy atom. The van der Waals surface area contributed by atoms with Crippen molar-refractivity contribution >= 4 is 54.3 Å². The third-order valence-electron chi connectivity index (χ3n) is 8.84. The van der Waals surface area contributed by atoms with E-state index in [1.54, 1.807) is 0 Å². The number of hydrogen-bond acceptors (Lipinski definition) is 1.